The van der Waals surface area contributed by atoms with Crippen molar-refractivity contribution in [3.8, 4) is 43.4 Å². The van der Waals surface area contributed by atoms with Gasteiger partial charge in [-0.1, -0.05) is 114 Å². The number of nitrogens with zero attached hydrogens (tertiary/aromatic N) is 2. The first-order valence-electron chi connectivity index (χ1n) is 15.9. The molecule has 208 valence electrons. The summed E-state index contributed by atoms with van der Waals surface area (Å²) < 4.78 is 0. The molecule has 43 heavy (non-hydrogen) atoms. The largest absolute Gasteiger partial charge is 0.148 e. The van der Waals surface area contributed by atoms with E-state index in [9.17, 15) is 0 Å². The van der Waals surface area contributed by atoms with Crippen molar-refractivity contribution in [3.05, 3.63) is 120 Å². The maximum absolute atomic E-state index is 4.64. The van der Waals surface area contributed by atoms with Crippen LogP contribution in [-0.4, -0.2) is 10.2 Å². The molecular formula is C40H32N2S. The van der Waals surface area contributed by atoms with Crippen LogP contribution in [0, 0.1) is 23.7 Å². The predicted molar refractivity (Wildman–Crippen MR) is 177 cm³/mol. The van der Waals surface area contributed by atoms with Gasteiger partial charge in [-0.25, -0.2) is 0 Å². The van der Waals surface area contributed by atoms with Gasteiger partial charge in [0.25, 0.3) is 0 Å². The fourth-order valence-corrected chi connectivity index (χ4v) is 11.0. The summed E-state index contributed by atoms with van der Waals surface area (Å²) >= 11 is 1.67. The lowest BCUT2D eigenvalue weighted by Gasteiger charge is -2.61. The van der Waals surface area contributed by atoms with Gasteiger partial charge in [0.15, 0.2) is 0 Å². The van der Waals surface area contributed by atoms with E-state index in [1.54, 1.807) is 22.5 Å². The first-order chi connectivity index (χ1) is 21.3. The van der Waals surface area contributed by atoms with Crippen LogP contribution in [0.1, 0.15) is 43.2 Å². The lowest BCUT2D eigenvalue weighted by Crippen LogP contribution is -2.55. The van der Waals surface area contributed by atoms with Crippen LogP contribution in [0.25, 0.3) is 54.2 Å². The second kappa shape index (κ2) is 8.97. The second-order valence-corrected chi connectivity index (χ2v) is 14.4. The Bertz CT molecular complexity index is 2030. The molecule has 5 aliphatic rings. The first-order valence-corrected chi connectivity index (χ1v) is 16.7. The van der Waals surface area contributed by atoms with Gasteiger partial charge in [-0.3, -0.25) is 0 Å². The second-order valence-electron chi connectivity index (χ2n) is 13.5. The van der Waals surface area contributed by atoms with Crippen LogP contribution in [-0.2, 0) is 5.41 Å². The third-order valence-corrected chi connectivity index (χ3v) is 12.5. The van der Waals surface area contributed by atoms with Gasteiger partial charge in [-0.15, -0.1) is 10.2 Å². The highest BCUT2D eigenvalue weighted by Gasteiger charge is 2.61. The Labute approximate surface area is 256 Å². The quantitative estimate of drug-likeness (QED) is 0.211. The highest BCUT2D eigenvalue weighted by atomic mass is 32.1. The Kier molecular flexibility index (Phi) is 5.08. The summed E-state index contributed by atoms with van der Waals surface area (Å²) in [6.07, 6.45) is 7.18. The van der Waals surface area contributed by atoms with Crippen molar-refractivity contribution in [2.75, 3.05) is 0 Å². The third-order valence-electron chi connectivity index (χ3n) is 11.5. The maximum Gasteiger partial charge on any atom is 0.148 e. The Morgan fingerprint density at radius 3 is 1.91 bits per heavy atom. The molecule has 0 atom stereocenters. The number of hydrogen-bond acceptors (Lipinski definition) is 3. The van der Waals surface area contributed by atoms with Gasteiger partial charge in [-0.2, -0.15) is 0 Å². The topological polar surface area (TPSA) is 25.8 Å². The normalized spacial score (nSPS) is 26.2. The molecule has 0 aliphatic heterocycles. The summed E-state index contributed by atoms with van der Waals surface area (Å²) in [5.74, 6) is 3.52. The number of aromatic nitrogens is 2. The zero-order chi connectivity index (χ0) is 28.1. The Hall–Kier alpha value is -4.08. The highest BCUT2D eigenvalue weighted by molar-refractivity contribution is 7.18. The van der Waals surface area contributed by atoms with E-state index in [-0.39, 0.29) is 5.41 Å². The summed E-state index contributed by atoms with van der Waals surface area (Å²) in [4.78, 5) is 0. The Balaban J connectivity index is 1.11. The molecular weight excluding hydrogens is 541 g/mol. The predicted octanol–water partition coefficient (Wildman–Crippen LogP) is 10.4. The van der Waals surface area contributed by atoms with Gasteiger partial charge in [0.2, 0.25) is 0 Å². The van der Waals surface area contributed by atoms with E-state index >= 15 is 0 Å². The van der Waals surface area contributed by atoms with Crippen LogP contribution < -0.4 is 0 Å². The molecule has 0 saturated heterocycles. The van der Waals surface area contributed by atoms with Crippen molar-refractivity contribution >= 4 is 22.1 Å². The molecule has 3 heteroatoms. The molecule has 6 aromatic rings. The van der Waals surface area contributed by atoms with Crippen LogP contribution in [0.15, 0.2) is 109 Å². The molecule has 1 spiro atoms. The van der Waals surface area contributed by atoms with Crippen molar-refractivity contribution < 1.29 is 0 Å². The lowest BCUT2D eigenvalue weighted by atomic mass is 9.43. The van der Waals surface area contributed by atoms with Gasteiger partial charge in [0, 0.05) is 16.5 Å². The van der Waals surface area contributed by atoms with Gasteiger partial charge in [0.05, 0.1) is 0 Å². The maximum atomic E-state index is 4.64. The fraction of sp³-hybridized carbons (Fsp3) is 0.250. The van der Waals surface area contributed by atoms with E-state index in [1.807, 2.05) is 6.07 Å². The molecule has 1 heterocycles. The SMILES string of the molecule is c1ccc(-c2nnc(-c3ccc(-c4ccc5c(c4)-c4ccccc4C54C5CC6CC(C5)CC4C6)c4ccccc34)s2)cc1. The van der Waals surface area contributed by atoms with Crippen molar-refractivity contribution in [1.29, 1.82) is 0 Å². The minimum absolute atomic E-state index is 0.220. The van der Waals surface area contributed by atoms with E-state index < -0.39 is 0 Å². The molecule has 0 unspecified atom stereocenters. The van der Waals surface area contributed by atoms with Crippen LogP contribution in [0.5, 0.6) is 0 Å². The molecule has 4 bridgehead atoms. The van der Waals surface area contributed by atoms with Gasteiger partial charge in [-0.05, 0) is 106 Å². The van der Waals surface area contributed by atoms with E-state index in [1.165, 1.54) is 65.1 Å². The van der Waals surface area contributed by atoms with Gasteiger partial charge >= 0.3 is 0 Å². The molecule has 11 rings (SSSR count). The summed E-state index contributed by atoms with van der Waals surface area (Å²) in [7, 11) is 0. The molecule has 0 amide bonds. The van der Waals surface area contributed by atoms with Crippen LogP contribution >= 0.6 is 11.3 Å². The monoisotopic (exact) mass is 572 g/mol. The minimum Gasteiger partial charge on any atom is -0.138 e. The first kappa shape index (κ1) is 24.4. The number of hydrogen-bond donors (Lipinski definition) is 0. The molecule has 5 aliphatic carbocycles. The Morgan fingerprint density at radius 1 is 0.488 bits per heavy atom. The van der Waals surface area contributed by atoms with E-state index in [4.69, 9.17) is 0 Å². The number of rotatable bonds is 3. The molecule has 1 aromatic heterocycles. The van der Waals surface area contributed by atoms with E-state index in [2.05, 4.69) is 113 Å². The minimum atomic E-state index is 0.220. The fourth-order valence-electron chi connectivity index (χ4n) is 10.1. The van der Waals surface area contributed by atoms with Crippen molar-refractivity contribution in [2.24, 2.45) is 23.7 Å². The standard InChI is InChI=1S/C40H32N2S/c1-2-8-26(9-3-1)38-41-42-39(43-38)34-16-15-30(31-10-4-5-11-32(31)34)27-14-17-37-35(23-27)33-12-6-7-13-36(33)40(37)28-19-24-18-25(21-28)22-29(40)20-24/h1-17,23-25,28-29H,18-22H2. The van der Waals surface area contributed by atoms with Crippen molar-refractivity contribution in [3.63, 3.8) is 0 Å². The summed E-state index contributed by atoms with van der Waals surface area (Å²) in [6, 6.07) is 40.6. The van der Waals surface area contributed by atoms with Crippen LogP contribution in [0.4, 0.5) is 0 Å². The molecule has 5 aromatic carbocycles. The van der Waals surface area contributed by atoms with Gasteiger partial charge in [0.1, 0.15) is 10.0 Å². The zero-order valence-corrected chi connectivity index (χ0v) is 24.9. The smallest absolute Gasteiger partial charge is 0.138 e. The molecule has 0 radical (unpaired) electrons. The van der Waals surface area contributed by atoms with E-state index in [0.29, 0.717) is 0 Å². The average molecular weight is 573 g/mol. The number of fused-ring (bicyclic) bond motifs is 4. The summed E-state index contributed by atoms with van der Waals surface area (Å²) in [5, 5.41) is 13.6. The van der Waals surface area contributed by atoms with Crippen LogP contribution in [0.2, 0.25) is 0 Å². The van der Waals surface area contributed by atoms with Crippen LogP contribution in [0.3, 0.4) is 0 Å². The summed E-state index contributed by atoms with van der Waals surface area (Å²) in [6.45, 7) is 0. The molecule has 4 saturated carbocycles. The zero-order valence-electron chi connectivity index (χ0n) is 24.0. The molecule has 4 fully saturated rings. The Morgan fingerprint density at radius 2 is 1.12 bits per heavy atom. The average Bonchev–Trinajstić information content (AvgIpc) is 3.65. The molecule has 0 N–H and O–H groups in total. The highest BCUT2D eigenvalue weighted by Crippen LogP contribution is 2.69. The van der Waals surface area contributed by atoms with Crippen molar-refractivity contribution in [1.82, 2.24) is 10.2 Å². The number of benzene rings is 5. The van der Waals surface area contributed by atoms with Crippen molar-refractivity contribution in [2.45, 2.75) is 37.5 Å². The third kappa shape index (κ3) is 3.35. The summed E-state index contributed by atoms with van der Waals surface area (Å²) in [5.41, 5.74) is 11.3. The lowest BCUT2D eigenvalue weighted by molar-refractivity contribution is -0.0399. The van der Waals surface area contributed by atoms with E-state index in [0.717, 1.165) is 44.8 Å². The van der Waals surface area contributed by atoms with Gasteiger partial charge < -0.3 is 0 Å². The molecule has 2 nitrogen and oxygen atoms in total.